The van der Waals surface area contributed by atoms with Crippen molar-refractivity contribution in [1.29, 1.82) is 5.41 Å². The van der Waals surface area contributed by atoms with Crippen LogP contribution in [0.2, 0.25) is 1.41 Å². The first-order valence-corrected chi connectivity index (χ1v) is 13.6. The standard InChI is InChI=1S/C27H31N5O4S/c28-27(29)32(23(18-20-10-3-1-4-11-20)26(34)31-16-7-2-8-17-31)25(33)19-30-37(35,36)24-15-9-13-21-12-5-6-14-22(21)24/h1,3-6,9-15,23,30H,2,7-8,16-19H2,(H3,28,29)/t23-/m0/s1/i/hD. The van der Waals surface area contributed by atoms with Gasteiger partial charge in [-0.1, -0.05) is 66.7 Å². The van der Waals surface area contributed by atoms with Crippen LogP contribution in [-0.2, 0) is 26.0 Å². The summed E-state index contributed by atoms with van der Waals surface area (Å²) in [5.41, 5.74) is 6.58. The molecule has 1 atom stereocenters. The van der Waals surface area contributed by atoms with Crippen LogP contribution in [0.3, 0.4) is 0 Å². The summed E-state index contributed by atoms with van der Waals surface area (Å²) in [6, 6.07) is 19.5. The molecule has 10 heteroatoms. The molecule has 0 spiro atoms. The lowest BCUT2D eigenvalue weighted by Gasteiger charge is -2.35. The summed E-state index contributed by atoms with van der Waals surface area (Å²) in [5.74, 6) is -1.97. The van der Waals surface area contributed by atoms with E-state index in [0.717, 1.165) is 29.7 Å². The summed E-state index contributed by atoms with van der Waals surface area (Å²) < 4.78 is 35.1. The maximum atomic E-state index is 13.6. The van der Waals surface area contributed by atoms with Crippen LogP contribution in [0.5, 0.6) is 0 Å². The first-order chi connectivity index (χ1) is 18.2. The van der Waals surface area contributed by atoms with Crippen LogP contribution in [-0.4, -0.2) is 61.7 Å². The van der Waals surface area contributed by atoms with Crippen molar-refractivity contribution in [3.63, 3.8) is 0 Å². The minimum absolute atomic E-state index is 0.0928. The highest BCUT2D eigenvalue weighted by Crippen LogP contribution is 2.23. The molecular weight excluding hydrogens is 490 g/mol. The minimum atomic E-state index is -4.40. The molecule has 0 saturated carbocycles. The second kappa shape index (κ2) is 11.5. The number of benzene rings is 3. The smallest absolute Gasteiger partial charge is 0.246 e. The predicted molar refractivity (Wildman–Crippen MR) is 142 cm³/mol. The maximum absolute atomic E-state index is 13.6. The average molecular weight is 523 g/mol. The number of fused-ring (bicyclic) bond motifs is 1. The Hall–Kier alpha value is -3.76. The van der Waals surface area contributed by atoms with Gasteiger partial charge in [-0.15, -0.1) is 0 Å². The average Bonchev–Trinajstić information content (AvgIpc) is 2.92. The first-order valence-electron chi connectivity index (χ1n) is 12.6. The van der Waals surface area contributed by atoms with Gasteiger partial charge in [0.15, 0.2) is 5.96 Å². The fraction of sp³-hybridized carbons (Fsp3) is 0.296. The number of hydrogen-bond donors (Lipinski definition) is 3. The number of amides is 2. The van der Waals surface area contributed by atoms with Crippen molar-refractivity contribution in [3.8, 4) is 0 Å². The third-order valence-electron chi connectivity index (χ3n) is 6.46. The number of rotatable bonds is 8. The molecule has 0 aromatic heterocycles. The Bertz CT molecular complexity index is 1420. The van der Waals surface area contributed by atoms with Gasteiger partial charge < -0.3 is 10.6 Å². The molecule has 1 fully saturated rings. The van der Waals surface area contributed by atoms with E-state index in [9.17, 15) is 18.0 Å². The van der Waals surface area contributed by atoms with Crippen LogP contribution in [0, 0.1) is 5.41 Å². The molecule has 1 aliphatic heterocycles. The molecule has 1 saturated heterocycles. The molecule has 1 heterocycles. The molecule has 3 aromatic rings. The molecule has 1 aliphatic rings. The van der Waals surface area contributed by atoms with E-state index < -0.39 is 34.5 Å². The fourth-order valence-electron chi connectivity index (χ4n) is 4.63. The molecule has 3 aromatic carbocycles. The highest BCUT2D eigenvalue weighted by atomic mass is 32.2. The predicted octanol–water partition coefficient (Wildman–Crippen LogP) is 2.46. The van der Waals surface area contributed by atoms with E-state index >= 15 is 0 Å². The van der Waals surface area contributed by atoms with Crippen LogP contribution < -0.4 is 10.4 Å². The molecule has 194 valence electrons. The number of nitrogens with two attached hydrogens (primary N) is 1. The molecule has 9 nitrogen and oxygen atoms in total. The van der Waals surface area contributed by atoms with E-state index in [0.29, 0.717) is 23.9 Å². The highest BCUT2D eigenvalue weighted by Gasteiger charge is 2.36. The Morgan fingerprint density at radius 1 is 1.00 bits per heavy atom. The largest absolute Gasteiger partial charge is 0.370 e. The van der Waals surface area contributed by atoms with Crippen molar-refractivity contribution in [1.82, 2.24) is 14.5 Å². The summed E-state index contributed by atoms with van der Waals surface area (Å²) >= 11 is 0. The molecule has 4 rings (SSSR count). The lowest BCUT2D eigenvalue weighted by molar-refractivity contribution is -0.142. The summed E-state index contributed by atoms with van der Waals surface area (Å²) in [4.78, 5) is 29.4. The lowest BCUT2D eigenvalue weighted by Crippen LogP contribution is -2.58. The summed E-state index contributed by atoms with van der Waals surface area (Å²) in [6.07, 6.45) is 2.76. The Balaban J connectivity index is 1.63. The van der Waals surface area contributed by atoms with E-state index in [1.807, 2.05) is 6.07 Å². The summed E-state index contributed by atoms with van der Waals surface area (Å²) in [6.45, 7) is 0.151. The summed E-state index contributed by atoms with van der Waals surface area (Å²) in [7, 11) is -4.40. The molecule has 0 radical (unpaired) electrons. The second-order valence-electron chi connectivity index (χ2n) is 8.98. The van der Waals surface area contributed by atoms with Gasteiger partial charge in [0.25, 0.3) is 0 Å². The first kappa shape index (κ1) is 24.9. The van der Waals surface area contributed by atoms with E-state index in [2.05, 4.69) is 0 Å². The monoisotopic (exact) mass is 522 g/mol. The summed E-state index contributed by atoms with van der Waals surface area (Å²) in [5, 5.41) is 9.24. The van der Waals surface area contributed by atoms with Gasteiger partial charge in [-0.25, -0.2) is 13.1 Å². The van der Waals surface area contributed by atoms with E-state index in [4.69, 9.17) is 12.6 Å². The number of hydrogen-bond acceptors (Lipinski definition) is 5. The van der Waals surface area contributed by atoms with Gasteiger partial charge >= 0.3 is 0 Å². The van der Waals surface area contributed by atoms with Crippen molar-refractivity contribution in [2.24, 2.45) is 5.73 Å². The van der Waals surface area contributed by atoms with Crippen molar-refractivity contribution in [2.75, 3.05) is 19.6 Å². The number of piperidine rings is 1. The lowest BCUT2D eigenvalue weighted by atomic mass is 10.0. The quantitative estimate of drug-likeness (QED) is 0.308. The molecule has 0 unspecified atom stereocenters. The molecule has 37 heavy (non-hydrogen) atoms. The number of carbonyl (C=O) groups excluding carboxylic acids is 2. The SMILES string of the molecule is [2H]N(CC(=O)N(C(=N)N)[C@@H](Cc1ccccc1)C(=O)N1CCCCC1)S(=O)(=O)c1cccc2ccccc12. The van der Waals surface area contributed by atoms with Crippen molar-refractivity contribution < 1.29 is 19.4 Å². The van der Waals surface area contributed by atoms with Crippen molar-refractivity contribution in [2.45, 2.75) is 36.6 Å². The van der Waals surface area contributed by atoms with Gasteiger partial charge in [-0.2, -0.15) is 0 Å². The van der Waals surface area contributed by atoms with Crippen LogP contribution in [0.15, 0.2) is 77.7 Å². The van der Waals surface area contributed by atoms with Gasteiger partial charge in [0.2, 0.25) is 21.8 Å². The van der Waals surface area contributed by atoms with E-state index in [-0.39, 0.29) is 21.9 Å². The molecular formula is C27H31N5O4S. The normalized spacial score (nSPS) is 15.3. The maximum Gasteiger partial charge on any atom is 0.246 e. The minimum Gasteiger partial charge on any atom is -0.370 e. The zero-order valence-corrected chi connectivity index (χ0v) is 21.2. The van der Waals surface area contributed by atoms with Crippen molar-refractivity contribution in [3.05, 3.63) is 78.4 Å². The number of likely N-dealkylation sites (tertiary alicyclic amines) is 1. The van der Waals surface area contributed by atoms with Gasteiger partial charge in [0.1, 0.15) is 7.45 Å². The van der Waals surface area contributed by atoms with E-state index in [1.54, 1.807) is 65.6 Å². The Kier molecular flexibility index (Phi) is 7.76. The Labute approximate surface area is 218 Å². The fourth-order valence-corrected chi connectivity index (χ4v) is 5.77. The number of guanidine groups is 1. The highest BCUT2D eigenvalue weighted by molar-refractivity contribution is 7.89. The zero-order valence-electron chi connectivity index (χ0n) is 21.4. The van der Waals surface area contributed by atoms with Gasteiger partial charge in [0.05, 0.1) is 11.4 Å². The second-order valence-corrected chi connectivity index (χ2v) is 10.6. The van der Waals surface area contributed by atoms with Gasteiger partial charge in [-0.05, 0) is 36.3 Å². The number of sulfonamides is 1. The molecule has 0 bridgehead atoms. The Morgan fingerprint density at radius 2 is 1.65 bits per heavy atom. The zero-order chi connectivity index (χ0) is 27.3. The van der Waals surface area contributed by atoms with Crippen LogP contribution in [0.25, 0.3) is 10.8 Å². The third-order valence-corrected chi connectivity index (χ3v) is 7.84. The number of nitrogens with zero attached hydrogens (tertiary/aromatic N) is 2. The third kappa shape index (κ3) is 6.15. The van der Waals surface area contributed by atoms with Crippen molar-refractivity contribution >= 4 is 38.6 Å². The molecule has 4 N–H and O–H groups in total. The topological polar surface area (TPSA) is 137 Å². The molecule has 2 amide bonds. The van der Waals surface area contributed by atoms with Crippen LogP contribution >= 0.6 is 0 Å². The van der Waals surface area contributed by atoms with Gasteiger partial charge in [-0.3, -0.25) is 19.9 Å². The Morgan fingerprint density at radius 3 is 2.35 bits per heavy atom. The van der Waals surface area contributed by atoms with E-state index in [1.165, 1.54) is 6.07 Å². The number of carbonyl (C=O) groups is 2. The number of nitrogens with one attached hydrogen (secondary N) is 2. The van der Waals surface area contributed by atoms with Crippen LogP contribution in [0.1, 0.15) is 24.8 Å². The molecule has 0 aliphatic carbocycles. The van der Waals surface area contributed by atoms with Crippen LogP contribution in [0.4, 0.5) is 0 Å². The van der Waals surface area contributed by atoms with Gasteiger partial charge in [0, 0.05) is 24.9 Å².